The first kappa shape index (κ1) is 21.0. The zero-order chi connectivity index (χ0) is 21.3. The summed E-state index contributed by atoms with van der Waals surface area (Å²) >= 11 is 1.57. The van der Waals surface area contributed by atoms with Crippen LogP contribution in [0.1, 0.15) is 46.1 Å². The van der Waals surface area contributed by atoms with Gasteiger partial charge in [-0.1, -0.05) is 6.42 Å². The quantitative estimate of drug-likeness (QED) is 0.672. The highest BCUT2D eigenvalue weighted by Gasteiger charge is 2.38. The van der Waals surface area contributed by atoms with Crippen LogP contribution in [-0.4, -0.2) is 56.2 Å². The second-order valence-electron chi connectivity index (χ2n) is 7.46. The number of fused-ring (bicyclic) bond motifs is 1. The Morgan fingerprint density at radius 3 is 2.40 bits per heavy atom. The highest BCUT2D eigenvalue weighted by molar-refractivity contribution is 7.89. The van der Waals surface area contributed by atoms with E-state index in [4.69, 9.17) is 4.74 Å². The van der Waals surface area contributed by atoms with Gasteiger partial charge in [-0.2, -0.15) is 4.31 Å². The maximum absolute atomic E-state index is 13.2. The zero-order valence-corrected chi connectivity index (χ0v) is 18.4. The molecule has 1 atom stereocenters. The lowest BCUT2D eigenvalue weighted by Gasteiger charge is -2.34. The predicted octanol–water partition coefficient (Wildman–Crippen LogP) is 2.84. The first-order valence-corrected chi connectivity index (χ1v) is 12.3. The third-order valence-corrected chi connectivity index (χ3v) is 8.61. The summed E-state index contributed by atoms with van der Waals surface area (Å²) in [7, 11) is -2.24. The van der Waals surface area contributed by atoms with E-state index in [1.807, 2.05) is 11.4 Å². The molecule has 0 radical (unpaired) electrons. The molecule has 1 amide bonds. The third-order valence-electron chi connectivity index (χ3n) is 5.71. The molecule has 2 aliphatic heterocycles. The number of ether oxygens (including phenoxy) is 1. The van der Waals surface area contributed by atoms with Crippen molar-refractivity contribution >= 4 is 33.2 Å². The van der Waals surface area contributed by atoms with Crippen LogP contribution in [0, 0.1) is 0 Å². The molecule has 160 valence electrons. The lowest BCUT2D eigenvalue weighted by molar-refractivity contribution is -0.146. The molecule has 7 nitrogen and oxygen atoms in total. The molecule has 9 heteroatoms. The highest BCUT2D eigenvalue weighted by atomic mass is 32.2. The summed E-state index contributed by atoms with van der Waals surface area (Å²) in [5, 5.41) is 1.91. The number of nitrogens with zero attached hydrogens (tertiary/aromatic N) is 2. The number of piperidine rings is 1. The minimum absolute atomic E-state index is 0.184. The van der Waals surface area contributed by atoms with Crippen LogP contribution in [0.3, 0.4) is 0 Å². The summed E-state index contributed by atoms with van der Waals surface area (Å²) in [6.45, 7) is 1.46. The van der Waals surface area contributed by atoms with E-state index in [-0.39, 0.29) is 10.8 Å². The van der Waals surface area contributed by atoms with Crippen molar-refractivity contribution in [2.24, 2.45) is 0 Å². The number of esters is 1. The Balaban J connectivity index is 1.58. The highest BCUT2D eigenvalue weighted by Crippen LogP contribution is 2.35. The van der Waals surface area contributed by atoms with Crippen LogP contribution < -0.4 is 0 Å². The summed E-state index contributed by atoms with van der Waals surface area (Å²) in [5.74, 6) is -0.795. The molecule has 30 heavy (non-hydrogen) atoms. The number of hydrogen-bond acceptors (Lipinski definition) is 6. The van der Waals surface area contributed by atoms with Gasteiger partial charge in [0.15, 0.2) is 6.04 Å². The van der Waals surface area contributed by atoms with Crippen LogP contribution >= 0.6 is 11.3 Å². The Morgan fingerprint density at radius 1 is 1.03 bits per heavy atom. The summed E-state index contributed by atoms with van der Waals surface area (Å²) in [5.41, 5.74) is 1.15. The first-order valence-electron chi connectivity index (χ1n) is 9.99. The number of rotatable bonds is 4. The second kappa shape index (κ2) is 8.49. The second-order valence-corrected chi connectivity index (χ2v) is 10.4. The van der Waals surface area contributed by atoms with Crippen LogP contribution in [0.2, 0.25) is 0 Å². The molecule has 4 rings (SSSR count). The summed E-state index contributed by atoms with van der Waals surface area (Å²) in [6.07, 6.45) is 3.45. The predicted molar refractivity (Wildman–Crippen MR) is 113 cm³/mol. The van der Waals surface area contributed by atoms with Gasteiger partial charge in [0.25, 0.3) is 5.91 Å². The van der Waals surface area contributed by atoms with E-state index in [2.05, 4.69) is 0 Å². The van der Waals surface area contributed by atoms with Crippen molar-refractivity contribution in [1.29, 1.82) is 0 Å². The topological polar surface area (TPSA) is 84.0 Å². The van der Waals surface area contributed by atoms with Crippen molar-refractivity contribution in [2.75, 3.05) is 26.7 Å². The van der Waals surface area contributed by atoms with Crippen molar-refractivity contribution in [3.8, 4) is 0 Å². The number of thiophene rings is 1. The van der Waals surface area contributed by atoms with Crippen molar-refractivity contribution in [3.63, 3.8) is 0 Å². The fourth-order valence-electron chi connectivity index (χ4n) is 4.09. The molecule has 0 N–H and O–H groups in total. The van der Waals surface area contributed by atoms with Gasteiger partial charge in [-0.3, -0.25) is 4.79 Å². The van der Waals surface area contributed by atoms with Crippen molar-refractivity contribution in [1.82, 2.24) is 9.21 Å². The summed E-state index contributed by atoms with van der Waals surface area (Å²) < 4.78 is 32.1. The Hall–Kier alpha value is -2.23. The van der Waals surface area contributed by atoms with E-state index in [9.17, 15) is 18.0 Å². The van der Waals surface area contributed by atoms with Gasteiger partial charge >= 0.3 is 5.97 Å². The maximum Gasteiger partial charge on any atom is 0.333 e. The van der Waals surface area contributed by atoms with E-state index in [1.54, 1.807) is 11.3 Å². The van der Waals surface area contributed by atoms with Crippen molar-refractivity contribution in [3.05, 3.63) is 51.7 Å². The first-order chi connectivity index (χ1) is 14.4. The molecule has 0 spiro atoms. The molecule has 3 heterocycles. The van der Waals surface area contributed by atoms with Gasteiger partial charge in [-0.15, -0.1) is 11.3 Å². The van der Waals surface area contributed by atoms with E-state index < -0.39 is 22.0 Å². The standard InChI is InChI=1S/C21H24N2O5S2/c1-28-21(25)19-17-10-14-29-18(17)9-13-23(19)20(24)15-5-7-16(8-6-15)30(26,27)22-11-3-2-4-12-22/h5-8,10,14,19H,2-4,9,11-13H2,1H3. The molecule has 1 unspecified atom stereocenters. The average Bonchev–Trinajstić information content (AvgIpc) is 3.27. The summed E-state index contributed by atoms with van der Waals surface area (Å²) in [4.78, 5) is 28.4. The summed E-state index contributed by atoms with van der Waals surface area (Å²) in [6, 6.07) is 7.08. The number of amides is 1. The Kier molecular flexibility index (Phi) is 5.95. The lowest BCUT2D eigenvalue weighted by atomic mass is 9.99. The molecule has 1 aromatic heterocycles. The lowest BCUT2D eigenvalue weighted by Crippen LogP contribution is -2.43. The molecular formula is C21H24N2O5S2. The zero-order valence-electron chi connectivity index (χ0n) is 16.7. The molecule has 2 aliphatic rings. The minimum atomic E-state index is -3.55. The Morgan fingerprint density at radius 2 is 1.73 bits per heavy atom. The largest absolute Gasteiger partial charge is 0.467 e. The van der Waals surface area contributed by atoms with Gasteiger partial charge in [0.05, 0.1) is 12.0 Å². The normalized spacial score (nSPS) is 19.9. The van der Waals surface area contributed by atoms with Gasteiger partial charge in [0.1, 0.15) is 0 Å². The van der Waals surface area contributed by atoms with Crippen LogP contribution in [0.25, 0.3) is 0 Å². The number of benzene rings is 1. The van der Waals surface area contributed by atoms with E-state index in [1.165, 1.54) is 40.6 Å². The van der Waals surface area contributed by atoms with E-state index in [0.29, 0.717) is 31.6 Å². The van der Waals surface area contributed by atoms with E-state index in [0.717, 1.165) is 29.7 Å². The SMILES string of the molecule is COC(=O)C1c2ccsc2CCN1C(=O)c1ccc(S(=O)(=O)N2CCCCC2)cc1. The molecule has 0 bridgehead atoms. The van der Waals surface area contributed by atoms with Gasteiger partial charge in [-0.25, -0.2) is 13.2 Å². The number of methoxy groups -OCH3 is 1. The van der Waals surface area contributed by atoms with Crippen molar-refractivity contribution in [2.45, 2.75) is 36.6 Å². The van der Waals surface area contributed by atoms with Gasteiger partial charge in [0.2, 0.25) is 10.0 Å². The number of carbonyl (C=O) groups is 2. The number of carbonyl (C=O) groups excluding carboxylic acids is 2. The molecule has 1 fully saturated rings. The molecule has 0 saturated carbocycles. The molecule has 1 aromatic carbocycles. The molecule has 0 aliphatic carbocycles. The Labute approximate surface area is 180 Å². The third kappa shape index (κ3) is 3.77. The molecule has 1 saturated heterocycles. The van der Waals surface area contributed by atoms with Crippen LogP contribution in [0.15, 0.2) is 40.6 Å². The number of hydrogen-bond donors (Lipinski definition) is 0. The minimum Gasteiger partial charge on any atom is -0.467 e. The average molecular weight is 449 g/mol. The smallest absolute Gasteiger partial charge is 0.333 e. The monoisotopic (exact) mass is 448 g/mol. The maximum atomic E-state index is 13.2. The fraction of sp³-hybridized carbons (Fsp3) is 0.429. The van der Waals surface area contributed by atoms with Gasteiger partial charge in [-0.05, 0) is 60.5 Å². The van der Waals surface area contributed by atoms with Crippen molar-refractivity contribution < 1.29 is 22.7 Å². The molecular weight excluding hydrogens is 424 g/mol. The van der Waals surface area contributed by atoms with Crippen LogP contribution in [0.4, 0.5) is 0 Å². The van der Waals surface area contributed by atoms with Gasteiger partial charge < -0.3 is 9.64 Å². The number of sulfonamides is 1. The fourth-order valence-corrected chi connectivity index (χ4v) is 6.51. The Bertz CT molecular complexity index is 1040. The van der Waals surface area contributed by atoms with Crippen LogP contribution in [0.5, 0.6) is 0 Å². The van der Waals surface area contributed by atoms with Gasteiger partial charge in [0, 0.05) is 30.1 Å². The van der Waals surface area contributed by atoms with Crippen LogP contribution in [-0.2, 0) is 26.0 Å². The molecule has 2 aromatic rings. The van der Waals surface area contributed by atoms with E-state index >= 15 is 0 Å².